The van der Waals surface area contributed by atoms with Crippen molar-refractivity contribution in [2.24, 2.45) is 0 Å². The maximum absolute atomic E-state index is 10.4. The van der Waals surface area contributed by atoms with Gasteiger partial charge in [-0.15, -0.1) is 0 Å². The minimum atomic E-state index is -0.388. The van der Waals surface area contributed by atoms with Gasteiger partial charge in [0.05, 0.1) is 11.5 Å². The number of hydrogen-bond donors (Lipinski definition) is 1. The van der Waals surface area contributed by atoms with Crippen LogP contribution in [-0.2, 0) is 11.3 Å². The van der Waals surface area contributed by atoms with E-state index in [1.54, 1.807) is 19.2 Å². The van der Waals surface area contributed by atoms with E-state index in [-0.39, 0.29) is 10.6 Å². The molecule has 0 bridgehead atoms. The molecule has 0 amide bonds. The van der Waals surface area contributed by atoms with Crippen molar-refractivity contribution in [1.29, 1.82) is 0 Å². The number of methoxy groups -OCH3 is 1. The number of nitro groups is 1. The van der Waals surface area contributed by atoms with Crippen LogP contribution >= 0.6 is 0 Å². The second-order valence-electron chi connectivity index (χ2n) is 3.80. The van der Waals surface area contributed by atoms with Crippen LogP contribution in [0.1, 0.15) is 12.5 Å². The summed E-state index contributed by atoms with van der Waals surface area (Å²) in [6.45, 7) is 3.59. The van der Waals surface area contributed by atoms with Gasteiger partial charge in [0.15, 0.2) is 0 Å². The first kappa shape index (κ1) is 12.6. The molecule has 0 aromatic heterocycles. The van der Waals surface area contributed by atoms with Gasteiger partial charge in [-0.05, 0) is 19.1 Å². The van der Waals surface area contributed by atoms with E-state index >= 15 is 0 Å². The number of non-ortho nitro benzene ring substituents is 1. The van der Waals surface area contributed by atoms with Crippen LogP contribution in [0.25, 0.3) is 0 Å². The van der Waals surface area contributed by atoms with Crippen molar-refractivity contribution < 1.29 is 15.0 Å². The summed E-state index contributed by atoms with van der Waals surface area (Å²) in [5.41, 5.74) is 1.21. The van der Waals surface area contributed by atoms with E-state index in [1.807, 2.05) is 0 Å². The molecular formula is C11H17N2O3+. The number of ether oxygens (including phenoxy) is 1. The topological polar surface area (TPSA) is 69.0 Å². The summed E-state index contributed by atoms with van der Waals surface area (Å²) in [5.74, 6) is 0. The summed E-state index contributed by atoms with van der Waals surface area (Å²) >= 11 is 0. The van der Waals surface area contributed by atoms with Crippen molar-refractivity contribution in [3.05, 3.63) is 39.9 Å². The normalized spacial score (nSPS) is 12.4. The molecule has 2 N–H and O–H groups in total. The van der Waals surface area contributed by atoms with Crippen LogP contribution in [-0.4, -0.2) is 24.7 Å². The molecule has 1 aromatic carbocycles. The Morgan fingerprint density at radius 3 is 2.56 bits per heavy atom. The van der Waals surface area contributed by atoms with Gasteiger partial charge in [-0.2, -0.15) is 0 Å². The van der Waals surface area contributed by atoms with Gasteiger partial charge in [0.2, 0.25) is 0 Å². The Morgan fingerprint density at radius 1 is 1.44 bits per heavy atom. The maximum Gasteiger partial charge on any atom is 0.269 e. The fourth-order valence-corrected chi connectivity index (χ4v) is 1.42. The Labute approximate surface area is 94.6 Å². The van der Waals surface area contributed by atoms with Gasteiger partial charge in [-0.1, -0.05) is 0 Å². The van der Waals surface area contributed by atoms with Gasteiger partial charge in [-0.3, -0.25) is 10.1 Å². The molecule has 0 aliphatic carbocycles. The van der Waals surface area contributed by atoms with Crippen molar-refractivity contribution in [2.45, 2.75) is 19.5 Å². The number of rotatable bonds is 6. The summed E-state index contributed by atoms with van der Waals surface area (Å²) in [6, 6.07) is 7.02. The van der Waals surface area contributed by atoms with Crippen molar-refractivity contribution in [3.63, 3.8) is 0 Å². The van der Waals surface area contributed by atoms with Crippen molar-refractivity contribution in [2.75, 3.05) is 13.7 Å². The van der Waals surface area contributed by atoms with Crippen molar-refractivity contribution in [1.82, 2.24) is 0 Å². The number of hydrogen-bond acceptors (Lipinski definition) is 3. The van der Waals surface area contributed by atoms with Crippen LogP contribution in [0.15, 0.2) is 24.3 Å². The zero-order valence-electron chi connectivity index (χ0n) is 9.55. The molecule has 0 unspecified atom stereocenters. The highest BCUT2D eigenvalue weighted by molar-refractivity contribution is 5.32. The first-order valence-corrected chi connectivity index (χ1v) is 5.19. The van der Waals surface area contributed by atoms with Gasteiger partial charge in [0, 0.05) is 24.8 Å². The van der Waals surface area contributed by atoms with Gasteiger partial charge >= 0.3 is 0 Å². The first-order chi connectivity index (χ1) is 7.63. The Morgan fingerprint density at radius 2 is 2.06 bits per heavy atom. The lowest BCUT2D eigenvalue weighted by Crippen LogP contribution is -2.88. The number of quaternary nitrogens is 1. The predicted octanol–water partition coefficient (Wildman–Crippen LogP) is 0.693. The smallest absolute Gasteiger partial charge is 0.269 e. The predicted molar refractivity (Wildman–Crippen MR) is 60.1 cm³/mol. The second kappa shape index (κ2) is 6.19. The summed E-state index contributed by atoms with van der Waals surface area (Å²) in [4.78, 5) is 10.1. The van der Waals surface area contributed by atoms with E-state index in [4.69, 9.17) is 4.74 Å². The van der Waals surface area contributed by atoms with Crippen LogP contribution in [0.4, 0.5) is 5.69 Å². The minimum absolute atomic E-state index is 0.133. The van der Waals surface area contributed by atoms with Gasteiger partial charge in [0.25, 0.3) is 5.69 Å². The molecule has 88 valence electrons. The Hall–Kier alpha value is -1.46. The molecule has 0 radical (unpaired) electrons. The van der Waals surface area contributed by atoms with Crippen LogP contribution < -0.4 is 5.32 Å². The summed E-state index contributed by atoms with van der Waals surface area (Å²) in [5, 5.41) is 12.6. The average molecular weight is 225 g/mol. The molecule has 1 atom stereocenters. The summed E-state index contributed by atoms with van der Waals surface area (Å²) in [6.07, 6.45) is 0. The molecule has 1 aromatic rings. The van der Waals surface area contributed by atoms with Gasteiger partial charge in [0.1, 0.15) is 12.6 Å². The Balaban J connectivity index is 2.46. The third-order valence-corrected chi connectivity index (χ3v) is 2.33. The second-order valence-corrected chi connectivity index (χ2v) is 3.80. The minimum Gasteiger partial charge on any atom is -0.379 e. The molecule has 16 heavy (non-hydrogen) atoms. The molecule has 0 aliphatic heterocycles. The Kier molecular flexibility index (Phi) is 4.88. The molecule has 5 nitrogen and oxygen atoms in total. The lowest BCUT2D eigenvalue weighted by atomic mass is 10.2. The van der Waals surface area contributed by atoms with Crippen LogP contribution in [0.2, 0.25) is 0 Å². The molecule has 0 saturated carbocycles. The monoisotopic (exact) mass is 225 g/mol. The van der Waals surface area contributed by atoms with Crippen LogP contribution in [0, 0.1) is 10.1 Å². The van der Waals surface area contributed by atoms with Crippen LogP contribution in [0.5, 0.6) is 0 Å². The van der Waals surface area contributed by atoms with E-state index in [1.165, 1.54) is 12.1 Å². The van der Waals surface area contributed by atoms with Crippen molar-refractivity contribution in [3.8, 4) is 0 Å². The zero-order valence-corrected chi connectivity index (χ0v) is 9.55. The first-order valence-electron chi connectivity index (χ1n) is 5.19. The van der Waals surface area contributed by atoms with Gasteiger partial charge in [-0.25, -0.2) is 0 Å². The van der Waals surface area contributed by atoms with E-state index in [2.05, 4.69) is 12.2 Å². The van der Waals surface area contributed by atoms with E-state index in [0.29, 0.717) is 12.6 Å². The van der Waals surface area contributed by atoms with Crippen LogP contribution in [0.3, 0.4) is 0 Å². The third kappa shape index (κ3) is 3.96. The molecule has 0 aliphatic rings. The number of benzene rings is 1. The highest BCUT2D eigenvalue weighted by atomic mass is 16.6. The molecular weight excluding hydrogens is 208 g/mol. The highest BCUT2D eigenvalue weighted by Crippen LogP contribution is 2.10. The molecule has 1 rings (SSSR count). The number of nitrogens with zero attached hydrogens (tertiary/aromatic N) is 1. The standard InChI is InChI=1S/C11H16N2O3/c1-9(8-16-2)12-7-10-3-5-11(6-4-10)13(14)15/h3-6,9,12H,7-8H2,1-2H3/p+1/t9-/m1/s1. The molecule has 0 heterocycles. The zero-order chi connectivity index (χ0) is 12.0. The third-order valence-electron chi connectivity index (χ3n) is 2.33. The summed E-state index contributed by atoms with van der Waals surface area (Å²) in [7, 11) is 1.68. The molecule has 0 saturated heterocycles. The maximum atomic E-state index is 10.4. The van der Waals surface area contributed by atoms with E-state index in [9.17, 15) is 10.1 Å². The molecule has 5 heteroatoms. The van der Waals surface area contributed by atoms with E-state index < -0.39 is 0 Å². The fraction of sp³-hybridized carbons (Fsp3) is 0.455. The molecule has 0 fully saturated rings. The Bertz CT molecular complexity index is 338. The highest BCUT2D eigenvalue weighted by Gasteiger charge is 2.07. The molecule has 0 spiro atoms. The average Bonchev–Trinajstić information content (AvgIpc) is 2.27. The van der Waals surface area contributed by atoms with Crippen molar-refractivity contribution >= 4 is 5.69 Å². The fourth-order valence-electron chi connectivity index (χ4n) is 1.42. The quantitative estimate of drug-likeness (QED) is 0.572. The SMILES string of the molecule is COC[C@@H](C)[NH2+]Cc1ccc([N+](=O)[O-])cc1. The van der Waals surface area contributed by atoms with E-state index in [0.717, 1.165) is 12.1 Å². The number of nitrogens with two attached hydrogens (primary N) is 1. The lowest BCUT2D eigenvalue weighted by Gasteiger charge is -2.09. The lowest BCUT2D eigenvalue weighted by molar-refractivity contribution is -0.702. The number of nitro benzene ring substituents is 1. The largest absolute Gasteiger partial charge is 0.379 e. The summed E-state index contributed by atoms with van der Waals surface area (Å²) < 4.78 is 5.02. The van der Waals surface area contributed by atoms with Gasteiger partial charge < -0.3 is 10.1 Å².